The summed E-state index contributed by atoms with van der Waals surface area (Å²) in [5.41, 5.74) is 2.32. The SMILES string of the molecule is CNCc1ccc(N(Cc2cccs2)C(C)C)c(Cl)c1. The summed E-state index contributed by atoms with van der Waals surface area (Å²) in [4.78, 5) is 3.70. The lowest BCUT2D eigenvalue weighted by molar-refractivity contribution is 0.687. The highest BCUT2D eigenvalue weighted by molar-refractivity contribution is 7.09. The first-order chi connectivity index (χ1) is 9.61. The number of hydrogen-bond donors (Lipinski definition) is 1. The van der Waals surface area contributed by atoms with Gasteiger partial charge < -0.3 is 10.2 Å². The highest BCUT2D eigenvalue weighted by Gasteiger charge is 2.15. The minimum Gasteiger partial charge on any atom is -0.363 e. The molecule has 0 radical (unpaired) electrons. The van der Waals surface area contributed by atoms with Crippen LogP contribution in [0.4, 0.5) is 5.69 Å². The van der Waals surface area contributed by atoms with E-state index in [1.807, 2.05) is 7.05 Å². The van der Waals surface area contributed by atoms with Gasteiger partial charge in [-0.2, -0.15) is 0 Å². The monoisotopic (exact) mass is 308 g/mol. The third-order valence-electron chi connectivity index (χ3n) is 3.23. The van der Waals surface area contributed by atoms with Crippen LogP contribution in [0.2, 0.25) is 5.02 Å². The van der Waals surface area contributed by atoms with Crippen LogP contribution in [-0.4, -0.2) is 13.1 Å². The highest BCUT2D eigenvalue weighted by atomic mass is 35.5. The van der Waals surface area contributed by atoms with Crippen molar-refractivity contribution >= 4 is 28.6 Å². The molecule has 1 heterocycles. The van der Waals surface area contributed by atoms with Gasteiger partial charge in [0.25, 0.3) is 0 Å². The fourth-order valence-corrected chi connectivity index (χ4v) is 3.23. The number of hydrogen-bond acceptors (Lipinski definition) is 3. The Morgan fingerprint density at radius 1 is 1.30 bits per heavy atom. The second-order valence-corrected chi connectivity index (χ2v) is 6.56. The Bertz CT molecular complexity index is 537. The smallest absolute Gasteiger partial charge is 0.0643 e. The third kappa shape index (κ3) is 3.75. The van der Waals surface area contributed by atoms with Crippen LogP contribution in [0.3, 0.4) is 0 Å². The molecule has 0 aliphatic rings. The first-order valence-corrected chi connectivity index (χ1v) is 8.09. The second kappa shape index (κ2) is 7.11. The molecule has 0 aliphatic carbocycles. The van der Waals surface area contributed by atoms with Crippen LogP contribution in [0, 0.1) is 0 Å². The molecule has 1 aromatic heterocycles. The van der Waals surface area contributed by atoms with Crippen molar-refractivity contribution in [3.8, 4) is 0 Å². The van der Waals surface area contributed by atoms with Crippen LogP contribution in [0.25, 0.3) is 0 Å². The number of benzene rings is 1. The van der Waals surface area contributed by atoms with Gasteiger partial charge in [0.2, 0.25) is 0 Å². The maximum atomic E-state index is 6.48. The fourth-order valence-electron chi connectivity index (χ4n) is 2.21. The van der Waals surface area contributed by atoms with E-state index in [0.717, 1.165) is 23.8 Å². The first-order valence-electron chi connectivity index (χ1n) is 6.84. The van der Waals surface area contributed by atoms with E-state index in [0.29, 0.717) is 6.04 Å². The van der Waals surface area contributed by atoms with E-state index in [9.17, 15) is 0 Å². The summed E-state index contributed by atoms with van der Waals surface area (Å²) < 4.78 is 0. The molecule has 20 heavy (non-hydrogen) atoms. The standard InChI is InChI=1S/C16H21ClN2S/c1-12(2)19(11-14-5-4-8-20-14)16-7-6-13(10-18-3)9-15(16)17/h4-9,12,18H,10-11H2,1-3H3. The molecule has 2 rings (SSSR count). The Hall–Kier alpha value is -1.03. The normalized spacial score (nSPS) is 11.1. The summed E-state index contributed by atoms with van der Waals surface area (Å²) in [6.45, 7) is 6.14. The van der Waals surface area contributed by atoms with E-state index < -0.39 is 0 Å². The average molecular weight is 309 g/mol. The summed E-state index contributed by atoms with van der Waals surface area (Å²) in [6, 6.07) is 11.0. The molecule has 1 aromatic carbocycles. The zero-order valence-corrected chi connectivity index (χ0v) is 13.8. The summed E-state index contributed by atoms with van der Waals surface area (Å²) in [5.74, 6) is 0. The molecule has 1 N–H and O–H groups in total. The predicted molar refractivity (Wildman–Crippen MR) is 89.9 cm³/mol. The average Bonchev–Trinajstić information content (AvgIpc) is 2.90. The van der Waals surface area contributed by atoms with Gasteiger partial charge in [-0.3, -0.25) is 0 Å². The van der Waals surface area contributed by atoms with Gasteiger partial charge in [0.05, 0.1) is 17.3 Å². The van der Waals surface area contributed by atoms with E-state index in [1.54, 1.807) is 11.3 Å². The van der Waals surface area contributed by atoms with Gasteiger partial charge in [-0.15, -0.1) is 11.3 Å². The first kappa shape index (κ1) is 15.4. The van der Waals surface area contributed by atoms with E-state index in [-0.39, 0.29) is 0 Å². The molecule has 0 unspecified atom stereocenters. The fraction of sp³-hybridized carbons (Fsp3) is 0.375. The summed E-state index contributed by atoms with van der Waals surface area (Å²) in [6.07, 6.45) is 0. The van der Waals surface area contributed by atoms with Crippen molar-refractivity contribution in [3.05, 3.63) is 51.2 Å². The lowest BCUT2D eigenvalue weighted by atomic mass is 10.1. The molecule has 0 atom stereocenters. The Morgan fingerprint density at radius 3 is 2.65 bits per heavy atom. The quantitative estimate of drug-likeness (QED) is 0.843. The molecule has 0 aliphatic heterocycles. The van der Waals surface area contributed by atoms with Crippen molar-refractivity contribution in [2.45, 2.75) is 33.0 Å². The molecule has 0 spiro atoms. The Labute approximate surface area is 130 Å². The Balaban J connectivity index is 2.25. The molecule has 0 fully saturated rings. The molecule has 0 saturated carbocycles. The van der Waals surface area contributed by atoms with Crippen molar-refractivity contribution in [2.75, 3.05) is 11.9 Å². The minimum atomic E-state index is 0.407. The number of rotatable bonds is 6. The third-order valence-corrected chi connectivity index (χ3v) is 4.40. The summed E-state index contributed by atoms with van der Waals surface area (Å²) in [7, 11) is 1.94. The van der Waals surface area contributed by atoms with Crippen molar-refractivity contribution < 1.29 is 0 Å². The topological polar surface area (TPSA) is 15.3 Å². The molecule has 0 saturated heterocycles. The molecule has 0 amide bonds. The number of halogens is 1. The highest BCUT2D eigenvalue weighted by Crippen LogP contribution is 2.30. The number of thiophene rings is 1. The van der Waals surface area contributed by atoms with Gasteiger partial charge in [0.1, 0.15) is 0 Å². The van der Waals surface area contributed by atoms with Crippen LogP contribution in [-0.2, 0) is 13.1 Å². The zero-order chi connectivity index (χ0) is 14.5. The van der Waals surface area contributed by atoms with Gasteiger partial charge in [0, 0.05) is 17.5 Å². The molecule has 0 bridgehead atoms. The zero-order valence-electron chi connectivity index (χ0n) is 12.2. The van der Waals surface area contributed by atoms with Crippen molar-refractivity contribution in [1.82, 2.24) is 5.32 Å². The number of nitrogens with one attached hydrogen (secondary N) is 1. The lowest BCUT2D eigenvalue weighted by Crippen LogP contribution is -2.30. The minimum absolute atomic E-state index is 0.407. The van der Waals surface area contributed by atoms with Crippen LogP contribution in [0.5, 0.6) is 0 Å². The van der Waals surface area contributed by atoms with Crippen LogP contribution in [0.15, 0.2) is 35.7 Å². The second-order valence-electron chi connectivity index (χ2n) is 5.12. The maximum Gasteiger partial charge on any atom is 0.0643 e. The van der Waals surface area contributed by atoms with Gasteiger partial charge in [-0.25, -0.2) is 0 Å². The van der Waals surface area contributed by atoms with Crippen LogP contribution >= 0.6 is 22.9 Å². The van der Waals surface area contributed by atoms with Crippen molar-refractivity contribution in [2.24, 2.45) is 0 Å². The van der Waals surface area contributed by atoms with Gasteiger partial charge in [0.15, 0.2) is 0 Å². The molecule has 2 aromatic rings. The number of anilines is 1. The summed E-state index contributed by atoms with van der Waals surface area (Å²) in [5, 5.41) is 6.09. The van der Waals surface area contributed by atoms with E-state index in [2.05, 4.69) is 59.8 Å². The van der Waals surface area contributed by atoms with E-state index >= 15 is 0 Å². The Morgan fingerprint density at radius 2 is 2.10 bits per heavy atom. The van der Waals surface area contributed by atoms with Crippen molar-refractivity contribution in [1.29, 1.82) is 0 Å². The maximum absolute atomic E-state index is 6.48. The molecular formula is C16H21ClN2S. The molecule has 108 valence electrons. The predicted octanol–water partition coefficient (Wildman–Crippen LogP) is 4.54. The van der Waals surface area contributed by atoms with E-state index in [1.165, 1.54) is 10.4 Å². The molecular weight excluding hydrogens is 288 g/mol. The summed E-state index contributed by atoms with van der Waals surface area (Å²) >= 11 is 8.26. The number of nitrogens with zero attached hydrogens (tertiary/aromatic N) is 1. The largest absolute Gasteiger partial charge is 0.363 e. The van der Waals surface area contributed by atoms with E-state index in [4.69, 9.17) is 11.6 Å². The van der Waals surface area contributed by atoms with Crippen LogP contribution in [0.1, 0.15) is 24.3 Å². The van der Waals surface area contributed by atoms with Gasteiger partial charge in [-0.05, 0) is 50.0 Å². The van der Waals surface area contributed by atoms with Gasteiger partial charge in [-0.1, -0.05) is 23.7 Å². The lowest BCUT2D eigenvalue weighted by Gasteiger charge is -2.29. The van der Waals surface area contributed by atoms with Gasteiger partial charge >= 0.3 is 0 Å². The van der Waals surface area contributed by atoms with Crippen LogP contribution < -0.4 is 10.2 Å². The Kier molecular flexibility index (Phi) is 5.46. The molecule has 2 nitrogen and oxygen atoms in total. The van der Waals surface area contributed by atoms with Crippen molar-refractivity contribution in [3.63, 3.8) is 0 Å². The molecule has 4 heteroatoms.